The molecule has 0 heterocycles. The zero-order valence-corrected chi connectivity index (χ0v) is 13.1. The van der Waals surface area contributed by atoms with Gasteiger partial charge >= 0.3 is 0 Å². The van der Waals surface area contributed by atoms with Crippen molar-refractivity contribution in [2.45, 2.75) is 58.9 Å². The molecule has 0 aliphatic heterocycles. The summed E-state index contributed by atoms with van der Waals surface area (Å²) in [5.74, 6) is 0.921. The van der Waals surface area contributed by atoms with Crippen LogP contribution in [-0.2, 0) is 11.2 Å². The van der Waals surface area contributed by atoms with Crippen LogP contribution in [0.15, 0.2) is 24.3 Å². The quantitative estimate of drug-likeness (QED) is 0.736. The van der Waals surface area contributed by atoms with Gasteiger partial charge in [-0.2, -0.15) is 0 Å². The predicted octanol–water partition coefficient (Wildman–Crippen LogP) is 3.96. The van der Waals surface area contributed by atoms with Crippen LogP contribution in [-0.4, -0.2) is 23.4 Å². The van der Waals surface area contributed by atoms with Gasteiger partial charge in [-0.05, 0) is 44.1 Å². The molecule has 0 atom stereocenters. The van der Waals surface area contributed by atoms with Gasteiger partial charge in [0.25, 0.3) is 0 Å². The molecular weight excluding hydrogens is 246 g/mol. The molecule has 0 bridgehead atoms. The first-order valence-corrected chi connectivity index (χ1v) is 7.91. The van der Waals surface area contributed by atoms with Crippen LogP contribution < -0.4 is 0 Å². The van der Waals surface area contributed by atoms with Crippen molar-refractivity contribution in [2.75, 3.05) is 6.54 Å². The summed E-state index contributed by atoms with van der Waals surface area (Å²) < 4.78 is 0. The number of aryl methyl sites for hydroxylation is 2. The van der Waals surface area contributed by atoms with Crippen molar-refractivity contribution in [3.8, 4) is 0 Å². The van der Waals surface area contributed by atoms with Crippen LogP contribution in [0.25, 0.3) is 0 Å². The number of nitrogens with zero attached hydrogens (tertiary/aromatic N) is 1. The van der Waals surface area contributed by atoms with E-state index in [4.69, 9.17) is 0 Å². The van der Waals surface area contributed by atoms with E-state index in [9.17, 15) is 4.79 Å². The van der Waals surface area contributed by atoms with Crippen molar-refractivity contribution in [1.82, 2.24) is 4.90 Å². The van der Waals surface area contributed by atoms with Gasteiger partial charge < -0.3 is 4.90 Å². The summed E-state index contributed by atoms with van der Waals surface area (Å²) in [6.45, 7) is 7.41. The third kappa shape index (κ3) is 4.66. The molecule has 0 spiro atoms. The largest absolute Gasteiger partial charge is 0.339 e. The molecule has 0 unspecified atom stereocenters. The maximum absolute atomic E-state index is 12.3. The molecule has 1 aliphatic rings. The molecule has 1 saturated carbocycles. The lowest BCUT2D eigenvalue weighted by Gasteiger charge is -2.24. The topological polar surface area (TPSA) is 20.3 Å². The molecule has 1 aromatic carbocycles. The monoisotopic (exact) mass is 273 g/mol. The van der Waals surface area contributed by atoms with Crippen molar-refractivity contribution in [3.05, 3.63) is 35.4 Å². The van der Waals surface area contributed by atoms with Gasteiger partial charge in [0, 0.05) is 19.0 Å². The number of carbonyl (C=O) groups excluding carboxylic acids is 1. The highest BCUT2D eigenvalue weighted by molar-refractivity contribution is 5.76. The van der Waals surface area contributed by atoms with Crippen molar-refractivity contribution in [1.29, 1.82) is 0 Å². The molecule has 1 amide bonds. The fraction of sp³-hybridized carbons (Fsp3) is 0.611. The van der Waals surface area contributed by atoms with Crippen LogP contribution in [0.5, 0.6) is 0 Å². The standard InChI is InChI=1S/C18H27NO/c1-14(2)13-19(17-11-12-17)18(20)6-4-5-16-9-7-15(3)8-10-16/h7-10,14,17H,4-6,11-13H2,1-3H3. The highest BCUT2D eigenvalue weighted by atomic mass is 16.2. The minimum absolute atomic E-state index is 0.355. The molecule has 2 heteroatoms. The normalized spacial score (nSPS) is 14.6. The summed E-state index contributed by atoms with van der Waals surface area (Å²) >= 11 is 0. The average Bonchev–Trinajstić information content (AvgIpc) is 3.22. The highest BCUT2D eigenvalue weighted by Crippen LogP contribution is 2.28. The molecule has 110 valence electrons. The van der Waals surface area contributed by atoms with Gasteiger partial charge in [0.1, 0.15) is 0 Å². The van der Waals surface area contributed by atoms with Gasteiger partial charge in [-0.3, -0.25) is 4.79 Å². The van der Waals surface area contributed by atoms with E-state index in [0.717, 1.165) is 19.4 Å². The first-order chi connectivity index (χ1) is 9.56. The summed E-state index contributed by atoms with van der Waals surface area (Å²) in [5.41, 5.74) is 2.63. The summed E-state index contributed by atoms with van der Waals surface area (Å²) in [5, 5.41) is 0. The predicted molar refractivity (Wildman–Crippen MR) is 83.7 cm³/mol. The Hall–Kier alpha value is -1.31. The van der Waals surface area contributed by atoms with Gasteiger partial charge in [-0.25, -0.2) is 0 Å². The molecule has 1 fully saturated rings. The fourth-order valence-corrected chi connectivity index (χ4v) is 2.58. The van der Waals surface area contributed by atoms with Gasteiger partial charge in [-0.15, -0.1) is 0 Å². The number of rotatable bonds is 7. The van der Waals surface area contributed by atoms with Crippen molar-refractivity contribution in [2.24, 2.45) is 5.92 Å². The number of benzene rings is 1. The third-order valence-electron chi connectivity index (χ3n) is 3.85. The number of carbonyl (C=O) groups is 1. The van der Waals surface area contributed by atoms with E-state index in [1.54, 1.807) is 0 Å². The maximum Gasteiger partial charge on any atom is 0.222 e. The summed E-state index contributed by atoms with van der Waals surface area (Å²) in [4.78, 5) is 14.5. The Bertz CT molecular complexity index is 431. The summed E-state index contributed by atoms with van der Waals surface area (Å²) in [7, 11) is 0. The maximum atomic E-state index is 12.3. The van der Waals surface area contributed by atoms with Crippen LogP contribution in [0.3, 0.4) is 0 Å². The van der Waals surface area contributed by atoms with E-state index < -0.39 is 0 Å². The zero-order valence-electron chi connectivity index (χ0n) is 13.1. The number of hydrogen-bond donors (Lipinski definition) is 0. The molecule has 0 saturated heterocycles. The third-order valence-corrected chi connectivity index (χ3v) is 3.85. The molecule has 0 radical (unpaired) electrons. The van der Waals surface area contributed by atoms with E-state index >= 15 is 0 Å². The smallest absolute Gasteiger partial charge is 0.222 e. The van der Waals surface area contributed by atoms with E-state index in [1.807, 2.05) is 0 Å². The van der Waals surface area contributed by atoms with Crippen LogP contribution in [0.2, 0.25) is 0 Å². The molecule has 1 aliphatic carbocycles. The Balaban J connectivity index is 1.77. The molecule has 0 aromatic heterocycles. The first-order valence-electron chi connectivity index (χ1n) is 7.91. The van der Waals surface area contributed by atoms with Crippen LogP contribution >= 0.6 is 0 Å². The second-order valence-electron chi connectivity index (χ2n) is 6.51. The van der Waals surface area contributed by atoms with E-state index in [1.165, 1.54) is 24.0 Å². The van der Waals surface area contributed by atoms with Crippen molar-refractivity contribution >= 4 is 5.91 Å². The molecule has 2 nitrogen and oxygen atoms in total. The Morgan fingerprint density at radius 1 is 1.25 bits per heavy atom. The van der Waals surface area contributed by atoms with E-state index in [0.29, 0.717) is 24.3 Å². The number of amides is 1. The Labute approximate surface area is 123 Å². The van der Waals surface area contributed by atoms with E-state index in [2.05, 4.69) is 49.9 Å². The SMILES string of the molecule is Cc1ccc(CCCC(=O)N(CC(C)C)C2CC2)cc1. The lowest BCUT2D eigenvalue weighted by molar-refractivity contribution is -0.132. The van der Waals surface area contributed by atoms with Crippen molar-refractivity contribution < 1.29 is 4.79 Å². The first kappa shape index (κ1) is 15.1. The summed E-state index contributed by atoms with van der Waals surface area (Å²) in [6.07, 6.45) is 5.07. The Morgan fingerprint density at radius 3 is 2.45 bits per heavy atom. The Kier molecular flexibility index (Phi) is 5.22. The summed E-state index contributed by atoms with van der Waals surface area (Å²) in [6, 6.07) is 9.18. The molecular formula is C18H27NO. The lowest BCUT2D eigenvalue weighted by Crippen LogP contribution is -2.36. The lowest BCUT2D eigenvalue weighted by atomic mass is 10.1. The molecule has 1 aromatic rings. The molecule has 0 N–H and O–H groups in total. The highest BCUT2D eigenvalue weighted by Gasteiger charge is 2.32. The fourth-order valence-electron chi connectivity index (χ4n) is 2.58. The molecule has 2 rings (SSSR count). The van der Waals surface area contributed by atoms with Gasteiger partial charge in [0.2, 0.25) is 5.91 Å². The number of hydrogen-bond acceptors (Lipinski definition) is 1. The van der Waals surface area contributed by atoms with Crippen LogP contribution in [0.4, 0.5) is 0 Å². The van der Waals surface area contributed by atoms with Crippen LogP contribution in [0, 0.1) is 12.8 Å². The van der Waals surface area contributed by atoms with Crippen molar-refractivity contribution in [3.63, 3.8) is 0 Å². The zero-order chi connectivity index (χ0) is 14.5. The second kappa shape index (κ2) is 6.92. The van der Waals surface area contributed by atoms with Gasteiger partial charge in [0.15, 0.2) is 0 Å². The van der Waals surface area contributed by atoms with Gasteiger partial charge in [-0.1, -0.05) is 43.7 Å². The minimum atomic E-state index is 0.355. The van der Waals surface area contributed by atoms with Gasteiger partial charge in [0.05, 0.1) is 0 Å². The average molecular weight is 273 g/mol. The Morgan fingerprint density at radius 2 is 1.90 bits per heavy atom. The molecule has 20 heavy (non-hydrogen) atoms. The van der Waals surface area contributed by atoms with E-state index in [-0.39, 0.29) is 0 Å². The second-order valence-corrected chi connectivity index (χ2v) is 6.51. The minimum Gasteiger partial charge on any atom is -0.339 e. The van der Waals surface area contributed by atoms with Crippen LogP contribution in [0.1, 0.15) is 50.7 Å².